The summed E-state index contributed by atoms with van der Waals surface area (Å²) < 4.78 is 5.71. The van der Waals surface area contributed by atoms with Crippen LogP contribution in [0.1, 0.15) is 36.4 Å². The quantitative estimate of drug-likeness (QED) is 0.846. The number of benzene rings is 1. The molecular formula is C16H20ClN3O2S. The van der Waals surface area contributed by atoms with E-state index in [1.165, 1.54) is 11.3 Å². The van der Waals surface area contributed by atoms with Crippen molar-refractivity contribution in [2.45, 2.75) is 46.6 Å². The van der Waals surface area contributed by atoms with Crippen LogP contribution in [0.2, 0.25) is 5.02 Å². The Balaban J connectivity index is 1.99. The van der Waals surface area contributed by atoms with Crippen LogP contribution in [0.3, 0.4) is 0 Å². The summed E-state index contributed by atoms with van der Waals surface area (Å²) in [6.07, 6.45) is 1.22. The summed E-state index contributed by atoms with van der Waals surface area (Å²) in [5.41, 5.74) is 1.84. The Hall–Kier alpha value is -1.66. The van der Waals surface area contributed by atoms with E-state index in [0.717, 1.165) is 29.0 Å². The monoisotopic (exact) mass is 353 g/mol. The van der Waals surface area contributed by atoms with Crippen molar-refractivity contribution in [1.29, 1.82) is 0 Å². The van der Waals surface area contributed by atoms with Crippen LogP contribution in [0, 0.1) is 13.8 Å². The minimum atomic E-state index is -0.645. The molecule has 1 aromatic heterocycles. The van der Waals surface area contributed by atoms with Gasteiger partial charge in [0.2, 0.25) is 5.13 Å². The van der Waals surface area contributed by atoms with Gasteiger partial charge in [-0.05, 0) is 50.5 Å². The molecule has 0 aliphatic heterocycles. The van der Waals surface area contributed by atoms with Gasteiger partial charge in [0.25, 0.3) is 5.91 Å². The van der Waals surface area contributed by atoms with Crippen LogP contribution in [0.4, 0.5) is 5.13 Å². The zero-order valence-electron chi connectivity index (χ0n) is 13.6. The first-order chi connectivity index (χ1) is 10.9. The van der Waals surface area contributed by atoms with Gasteiger partial charge in [-0.3, -0.25) is 10.1 Å². The molecule has 1 aromatic carbocycles. The minimum Gasteiger partial charge on any atom is -0.481 e. The Bertz CT molecular complexity index is 679. The van der Waals surface area contributed by atoms with E-state index in [9.17, 15) is 4.79 Å². The topological polar surface area (TPSA) is 64.1 Å². The number of amides is 1. The highest BCUT2D eigenvalue weighted by atomic mass is 35.5. The van der Waals surface area contributed by atoms with E-state index < -0.39 is 6.10 Å². The first-order valence-corrected chi connectivity index (χ1v) is 8.66. The molecule has 7 heteroatoms. The molecule has 0 aliphatic rings. The summed E-state index contributed by atoms with van der Waals surface area (Å²) in [6.45, 7) is 7.58. The van der Waals surface area contributed by atoms with Crippen molar-refractivity contribution < 1.29 is 9.53 Å². The molecule has 23 heavy (non-hydrogen) atoms. The minimum absolute atomic E-state index is 0.255. The molecule has 1 N–H and O–H groups in total. The maximum atomic E-state index is 12.2. The van der Waals surface area contributed by atoms with Gasteiger partial charge in [0.15, 0.2) is 6.10 Å². The van der Waals surface area contributed by atoms with Crippen molar-refractivity contribution in [3.05, 3.63) is 33.3 Å². The van der Waals surface area contributed by atoms with Crippen LogP contribution in [0.5, 0.6) is 5.75 Å². The van der Waals surface area contributed by atoms with E-state index in [2.05, 4.69) is 22.4 Å². The third kappa shape index (κ3) is 4.65. The molecule has 1 unspecified atom stereocenters. The molecule has 124 valence electrons. The third-order valence-corrected chi connectivity index (χ3v) is 4.75. The molecule has 0 radical (unpaired) electrons. The lowest BCUT2D eigenvalue weighted by atomic mass is 10.1. The lowest BCUT2D eigenvalue weighted by molar-refractivity contribution is -0.122. The Morgan fingerprint density at radius 1 is 1.35 bits per heavy atom. The van der Waals surface area contributed by atoms with Crippen LogP contribution in [0.25, 0.3) is 0 Å². The molecule has 1 heterocycles. The average Bonchev–Trinajstić information content (AvgIpc) is 2.92. The normalized spacial score (nSPS) is 12.0. The summed E-state index contributed by atoms with van der Waals surface area (Å²) in [6, 6.07) is 3.65. The van der Waals surface area contributed by atoms with Gasteiger partial charge in [0, 0.05) is 11.4 Å². The number of carbonyl (C=O) groups excluding carboxylic acids is 1. The largest absolute Gasteiger partial charge is 0.481 e. The highest BCUT2D eigenvalue weighted by Crippen LogP contribution is 2.26. The van der Waals surface area contributed by atoms with Gasteiger partial charge in [-0.15, -0.1) is 10.2 Å². The Morgan fingerprint density at radius 3 is 2.61 bits per heavy atom. The number of hydrogen-bond donors (Lipinski definition) is 1. The van der Waals surface area contributed by atoms with Gasteiger partial charge in [-0.25, -0.2) is 0 Å². The van der Waals surface area contributed by atoms with E-state index in [-0.39, 0.29) is 5.91 Å². The fourth-order valence-corrected chi connectivity index (χ4v) is 3.01. The lowest BCUT2D eigenvalue weighted by Crippen LogP contribution is -2.30. The first-order valence-electron chi connectivity index (χ1n) is 7.47. The van der Waals surface area contributed by atoms with Crippen molar-refractivity contribution in [2.75, 3.05) is 5.32 Å². The Labute approximate surface area is 145 Å². The summed E-state index contributed by atoms with van der Waals surface area (Å²) in [4.78, 5) is 12.2. The molecule has 2 rings (SSSR count). The number of aryl methyl sites for hydroxylation is 3. The number of aromatic nitrogens is 2. The van der Waals surface area contributed by atoms with Crippen LogP contribution < -0.4 is 10.1 Å². The number of rotatable bonds is 6. The molecule has 0 saturated heterocycles. The number of ether oxygens (including phenoxy) is 1. The van der Waals surface area contributed by atoms with Crippen LogP contribution in [0.15, 0.2) is 12.1 Å². The first kappa shape index (κ1) is 17.7. The van der Waals surface area contributed by atoms with Crippen molar-refractivity contribution in [1.82, 2.24) is 10.2 Å². The summed E-state index contributed by atoms with van der Waals surface area (Å²) in [5, 5.41) is 12.9. The fourth-order valence-electron chi connectivity index (χ4n) is 2.06. The predicted molar refractivity (Wildman–Crippen MR) is 93.5 cm³/mol. The van der Waals surface area contributed by atoms with Crippen LogP contribution >= 0.6 is 22.9 Å². The second kappa shape index (κ2) is 7.75. The molecule has 0 spiro atoms. The van der Waals surface area contributed by atoms with Crippen molar-refractivity contribution >= 4 is 34.0 Å². The Kier molecular flexibility index (Phi) is 5.96. The zero-order chi connectivity index (χ0) is 17.0. The van der Waals surface area contributed by atoms with E-state index in [4.69, 9.17) is 16.3 Å². The van der Waals surface area contributed by atoms with Gasteiger partial charge in [0.05, 0.1) is 0 Å². The lowest BCUT2D eigenvalue weighted by Gasteiger charge is -2.15. The highest BCUT2D eigenvalue weighted by molar-refractivity contribution is 7.15. The molecule has 2 aromatic rings. The number of anilines is 1. The summed E-state index contributed by atoms with van der Waals surface area (Å²) in [5.74, 6) is 0.366. The van der Waals surface area contributed by atoms with Crippen molar-refractivity contribution in [3.8, 4) is 5.75 Å². The molecule has 0 bridgehead atoms. The number of hydrogen-bond acceptors (Lipinski definition) is 5. The van der Waals surface area contributed by atoms with Crippen molar-refractivity contribution in [3.63, 3.8) is 0 Å². The third-order valence-electron chi connectivity index (χ3n) is 3.25. The average molecular weight is 354 g/mol. The molecule has 0 saturated carbocycles. The van der Waals surface area contributed by atoms with E-state index in [0.29, 0.717) is 15.9 Å². The second-order valence-electron chi connectivity index (χ2n) is 5.37. The second-order valence-corrected chi connectivity index (χ2v) is 6.81. The number of carbonyl (C=O) groups is 1. The van der Waals surface area contributed by atoms with E-state index in [1.54, 1.807) is 6.92 Å². The van der Waals surface area contributed by atoms with E-state index in [1.807, 2.05) is 26.0 Å². The SMILES string of the molecule is CCCc1nnc(NC(=O)C(C)Oc2cc(C)c(Cl)c(C)c2)s1. The van der Waals surface area contributed by atoms with Gasteiger partial charge >= 0.3 is 0 Å². The molecular weight excluding hydrogens is 334 g/mol. The molecule has 1 amide bonds. The molecule has 5 nitrogen and oxygen atoms in total. The zero-order valence-corrected chi connectivity index (χ0v) is 15.2. The highest BCUT2D eigenvalue weighted by Gasteiger charge is 2.17. The molecule has 0 fully saturated rings. The summed E-state index contributed by atoms with van der Waals surface area (Å²) >= 11 is 7.52. The van der Waals surface area contributed by atoms with Gasteiger partial charge in [-0.1, -0.05) is 29.9 Å². The standard InChI is InChI=1S/C16H20ClN3O2S/c1-5-6-13-19-20-16(23-13)18-15(21)11(4)22-12-7-9(2)14(17)10(3)8-12/h7-8,11H,5-6H2,1-4H3,(H,18,20,21). The summed E-state index contributed by atoms with van der Waals surface area (Å²) in [7, 11) is 0. The number of nitrogens with zero attached hydrogens (tertiary/aromatic N) is 2. The van der Waals surface area contributed by atoms with E-state index >= 15 is 0 Å². The number of nitrogens with one attached hydrogen (secondary N) is 1. The maximum absolute atomic E-state index is 12.2. The number of halogens is 1. The fraction of sp³-hybridized carbons (Fsp3) is 0.438. The van der Waals surface area contributed by atoms with Gasteiger partial charge < -0.3 is 4.74 Å². The van der Waals surface area contributed by atoms with Crippen LogP contribution in [-0.2, 0) is 11.2 Å². The Morgan fingerprint density at radius 2 is 2.00 bits per heavy atom. The predicted octanol–water partition coefficient (Wildman–Crippen LogP) is 4.17. The van der Waals surface area contributed by atoms with Gasteiger partial charge in [0.1, 0.15) is 10.8 Å². The van der Waals surface area contributed by atoms with Crippen LogP contribution in [-0.4, -0.2) is 22.2 Å². The molecule has 0 aliphatic carbocycles. The maximum Gasteiger partial charge on any atom is 0.266 e. The van der Waals surface area contributed by atoms with Gasteiger partial charge in [-0.2, -0.15) is 0 Å². The molecule has 1 atom stereocenters. The van der Waals surface area contributed by atoms with Crippen molar-refractivity contribution in [2.24, 2.45) is 0 Å². The smallest absolute Gasteiger partial charge is 0.266 e.